The molecule has 0 radical (unpaired) electrons. The zero-order valence-corrected chi connectivity index (χ0v) is 19.3. The highest BCUT2D eigenvalue weighted by Crippen LogP contribution is 2.21. The van der Waals surface area contributed by atoms with Crippen molar-refractivity contribution in [2.45, 2.75) is 11.4 Å². The molecule has 1 aliphatic heterocycles. The van der Waals surface area contributed by atoms with Crippen molar-refractivity contribution in [2.24, 2.45) is 0 Å². The molecule has 0 N–H and O–H groups in total. The number of carbonyl (C=O) groups is 1. The van der Waals surface area contributed by atoms with Gasteiger partial charge in [-0.2, -0.15) is 9.57 Å². The standard InChI is InChI=1S/C25H26N4O3S/c1-27(18-20-10-11-21-6-2-3-7-22(21)16-20)19-25(30)28-12-14-29(15-13-28)33(31,32)24-9-5-4-8-23(24)17-26/h2-11,16H,12-15,18-19H2,1H3. The summed E-state index contributed by atoms with van der Waals surface area (Å²) in [6.07, 6.45) is 0. The average molecular weight is 463 g/mol. The van der Waals surface area contributed by atoms with Crippen molar-refractivity contribution < 1.29 is 13.2 Å². The summed E-state index contributed by atoms with van der Waals surface area (Å²) < 4.78 is 27.3. The zero-order chi connectivity index (χ0) is 23.4. The van der Waals surface area contributed by atoms with Crippen molar-refractivity contribution in [3.05, 3.63) is 77.9 Å². The Balaban J connectivity index is 1.33. The van der Waals surface area contributed by atoms with Crippen molar-refractivity contribution in [1.29, 1.82) is 5.26 Å². The van der Waals surface area contributed by atoms with E-state index in [4.69, 9.17) is 0 Å². The Bertz CT molecular complexity index is 1310. The van der Waals surface area contributed by atoms with Crippen LogP contribution in [-0.2, 0) is 21.4 Å². The van der Waals surface area contributed by atoms with E-state index in [0.717, 1.165) is 5.56 Å². The molecule has 0 saturated carbocycles. The van der Waals surface area contributed by atoms with Gasteiger partial charge in [0.05, 0.1) is 17.0 Å². The first-order valence-corrected chi connectivity index (χ1v) is 12.3. The van der Waals surface area contributed by atoms with Gasteiger partial charge in [0, 0.05) is 32.7 Å². The van der Waals surface area contributed by atoms with Crippen molar-refractivity contribution >= 4 is 26.7 Å². The van der Waals surface area contributed by atoms with E-state index in [9.17, 15) is 18.5 Å². The summed E-state index contributed by atoms with van der Waals surface area (Å²) in [6, 6.07) is 22.6. The number of hydrogen-bond acceptors (Lipinski definition) is 5. The molecule has 1 amide bonds. The smallest absolute Gasteiger partial charge is 0.244 e. The maximum absolute atomic E-state index is 13.0. The molecule has 0 bridgehead atoms. The Morgan fingerprint density at radius 2 is 1.64 bits per heavy atom. The third kappa shape index (κ3) is 5.06. The van der Waals surface area contributed by atoms with Crippen LogP contribution >= 0.6 is 0 Å². The second-order valence-electron chi connectivity index (χ2n) is 8.25. The summed E-state index contributed by atoms with van der Waals surface area (Å²) in [5.41, 5.74) is 1.27. The van der Waals surface area contributed by atoms with Gasteiger partial charge in [0.2, 0.25) is 15.9 Å². The highest BCUT2D eigenvalue weighted by Gasteiger charge is 2.31. The van der Waals surface area contributed by atoms with Crippen molar-refractivity contribution in [1.82, 2.24) is 14.1 Å². The number of nitriles is 1. The fourth-order valence-electron chi connectivity index (χ4n) is 4.14. The first-order valence-electron chi connectivity index (χ1n) is 10.8. The minimum absolute atomic E-state index is 0.0161. The number of carbonyl (C=O) groups excluding carboxylic acids is 1. The van der Waals surface area contributed by atoms with Crippen LogP contribution in [0, 0.1) is 11.3 Å². The van der Waals surface area contributed by atoms with E-state index in [2.05, 4.69) is 30.3 Å². The topological polar surface area (TPSA) is 84.7 Å². The van der Waals surface area contributed by atoms with Gasteiger partial charge < -0.3 is 4.90 Å². The lowest BCUT2D eigenvalue weighted by molar-refractivity contribution is -0.133. The lowest BCUT2D eigenvalue weighted by Crippen LogP contribution is -2.52. The molecule has 4 rings (SSSR count). The fourth-order valence-corrected chi connectivity index (χ4v) is 5.70. The van der Waals surface area contributed by atoms with E-state index < -0.39 is 10.0 Å². The van der Waals surface area contributed by atoms with Gasteiger partial charge in [-0.25, -0.2) is 8.42 Å². The normalized spacial score (nSPS) is 15.0. The lowest BCUT2D eigenvalue weighted by atomic mass is 10.1. The Labute approximate surface area is 194 Å². The molecule has 1 saturated heterocycles. The van der Waals surface area contributed by atoms with Crippen LogP contribution in [0.2, 0.25) is 0 Å². The highest BCUT2D eigenvalue weighted by molar-refractivity contribution is 7.89. The van der Waals surface area contributed by atoms with Gasteiger partial charge >= 0.3 is 0 Å². The summed E-state index contributed by atoms with van der Waals surface area (Å²) >= 11 is 0. The molecule has 1 aliphatic rings. The number of piperazine rings is 1. The number of hydrogen-bond donors (Lipinski definition) is 0. The van der Waals surface area contributed by atoms with Crippen molar-refractivity contribution in [3.63, 3.8) is 0 Å². The Morgan fingerprint density at radius 3 is 2.36 bits per heavy atom. The maximum Gasteiger partial charge on any atom is 0.244 e. The molecule has 1 fully saturated rings. The molecule has 0 spiro atoms. The van der Waals surface area contributed by atoms with Crippen LogP contribution in [0.5, 0.6) is 0 Å². The maximum atomic E-state index is 13.0. The fraction of sp³-hybridized carbons (Fsp3) is 0.280. The summed E-state index contributed by atoms with van der Waals surface area (Å²) in [7, 11) is -1.86. The number of rotatable bonds is 6. The second kappa shape index (κ2) is 9.71. The van der Waals surface area contributed by atoms with Crippen molar-refractivity contribution in [3.8, 4) is 6.07 Å². The summed E-state index contributed by atoms with van der Waals surface area (Å²) in [5.74, 6) is -0.0206. The number of nitrogens with zero attached hydrogens (tertiary/aromatic N) is 4. The van der Waals surface area contributed by atoms with Crippen LogP contribution in [0.15, 0.2) is 71.6 Å². The third-order valence-corrected chi connectivity index (χ3v) is 7.85. The van der Waals surface area contributed by atoms with Crippen LogP contribution in [0.25, 0.3) is 10.8 Å². The minimum Gasteiger partial charge on any atom is -0.339 e. The monoisotopic (exact) mass is 462 g/mol. The van der Waals surface area contributed by atoms with E-state index in [0.29, 0.717) is 19.6 Å². The molecule has 8 heteroatoms. The summed E-state index contributed by atoms with van der Waals surface area (Å²) in [5, 5.41) is 11.6. The molecule has 0 aliphatic carbocycles. The van der Waals surface area contributed by atoms with E-state index in [1.807, 2.05) is 30.1 Å². The molecule has 3 aromatic carbocycles. The number of sulfonamides is 1. The highest BCUT2D eigenvalue weighted by atomic mass is 32.2. The Morgan fingerprint density at radius 1 is 0.970 bits per heavy atom. The van der Waals surface area contributed by atoms with Crippen LogP contribution in [0.1, 0.15) is 11.1 Å². The Kier molecular flexibility index (Phi) is 6.75. The molecular weight excluding hydrogens is 436 g/mol. The van der Waals surface area contributed by atoms with Crippen molar-refractivity contribution in [2.75, 3.05) is 39.8 Å². The van der Waals surface area contributed by atoms with Gasteiger partial charge in [0.1, 0.15) is 6.07 Å². The molecule has 3 aromatic rings. The largest absolute Gasteiger partial charge is 0.339 e. The quantitative estimate of drug-likeness (QED) is 0.562. The van der Waals surface area contributed by atoms with Crippen LogP contribution in [0.3, 0.4) is 0 Å². The molecule has 7 nitrogen and oxygen atoms in total. The SMILES string of the molecule is CN(CC(=O)N1CCN(S(=O)(=O)c2ccccc2C#N)CC1)Cc1ccc2ccccc2c1. The van der Waals surface area contributed by atoms with Gasteiger partial charge in [-0.15, -0.1) is 0 Å². The van der Waals surface area contributed by atoms with Crippen LogP contribution < -0.4 is 0 Å². The van der Waals surface area contributed by atoms with Gasteiger partial charge in [0.15, 0.2) is 0 Å². The molecule has 1 heterocycles. The molecule has 33 heavy (non-hydrogen) atoms. The first kappa shape index (κ1) is 22.9. The Hall–Kier alpha value is -3.25. The average Bonchev–Trinajstić information content (AvgIpc) is 2.84. The molecule has 0 unspecified atom stereocenters. The summed E-state index contributed by atoms with van der Waals surface area (Å²) in [4.78, 5) is 16.5. The number of amides is 1. The lowest BCUT2D eigenvalue weighted by Gasteiger charge is -2.35. The van der Waals surface area contributed by atoms with E-state index >= 15 is 0 Å². The van der Waals surface area contributed by atoms with E-state index in [-0.39, 0.29) is 36.0 Å². The predicted molar refractivity (Wildman–Crippen MR) is 127 cm³/mol. The second-order valence-corrected chi connectivity index (χ2v) is 10.2. The minimum atomic E-state index is -3.77. The summed E-state index contributed by atoms with van der Waals surface area (Å²) in [6.45, 7) is 1.99. The van der Waals surface area contributed by atoms with Crippen LogP contribution in [0.4, 0.5) is 0 Å². The number of fused-ring (bicyclic) bond motifs is 1. The van der Waals surface area contributed by atoms with Crippen LogP contribution in [-0.4, -0.2) is 68.2 Å². The first-order chi connectivity index (χ1) is 15.9. The number of benzene rings is 3. The molecular formula is C25H26N4O3S. The predicted octanol–water partition coefficient (Wildman–Crippen LogP) is 2.68. The zero-order valence-electron chi connectivity index (χ0n) is 18.5. The van der Waals surface area contributed by atoms with Gasteiger partial charge in [-0.1, -0.05) is 48.5 Å². The van der Waals surface area contributed by atoms with E-state index in [1.165, 1.54) is 27.2 Å². The van der Waals surface area contributed by atoms with Gasteiger partial charge in [-0.3, -0.25) is 9.69 Å². The number of likely N-dealkylation sites (N-methyl/N-ethyl adjacent to an activating group) is 1. The van der Waals surface area contributed by atoms with Gasteiger partial charge in [0.25, 0.3) is 0 Å². The van der Waals surface area contributed by atoms with E-state index in [1.54, 1.807) is 17.0 Å². The molecule has 0 aromatic heterocycles. The molecule has 170 valence electrons. The molecule has 0 atom stereocenters. The van der Waals surface area contributed by atoms with Gasteiger partial charge in [-0.05, 0) is 41.6 Å². The third-order valence-electron chi connectivity index (χ3n) is 5.89.